The van der Waals surface area contributed by atoms with Gasteiger partial charge in [0.15, 0.2) is 0 Å². The molecular formula is C24H24F3N3O5S2. The molecule has 0 unspecified atom stereocenters. The van der Waals surface area contributed by atoms with Crippen molar-refractivity contribution in [2.45, 2.75) is 24.9 Å². The number of sulfonamides is 2. The highest BCUT2D eigenvalue weighted by molar-refractivity contribution is 7.92. The quantitative estimate of drug-likeness (QED) is 0.424. The maximum Gasteiger partial charge on any atom is 0.416 e. The molecule has 0 bridgehead atoms. The van der Waals surface area contributed by atoms with Crippen LogP contribution in [0.3, 0.4) is 0 Å². The lowest BCUT2D eigenvalue weighted by molar-refractivity contribution is -0.137. The van der Waals surface area contributed by atoms with Gasteiger partial charge in [0.1, 0.15) is 6.54 Å². The molecule has 8 nitrogen and oxygen atoms in total. The molecule has 3 aromatic rings. The number of hydrogen-bond donors (Lipinski definition) is 2. The molecule has 198 valence electrons. The first-order valence-electron chi connectivity index (χ1n) is 10.7. The van der Waals surface area contributed by atoms with Gasteiger partial charge in [0.05, 0.1) is 28.1 Å². The third-order valence-electron chi connectivity index (χ3n) is 5.31. The summed E-state index contributed by atoms with van der Waals surface area (Å²) in [5.41, 5.74) is 0.702. The van der Waals surface area contributed by atoms with Gasteiger partial charge in [0.2, 0.25) is 15.9 Å². The first-order valence-corrected chi connectivity index (χ1v) is 14.0. The number of benzene rings is 3. The van der Waals surface area contributed by atoms with Gasteiger partial charge in [-0.25, -0.2) is 16.8 Å². The SMILES string of the molecule is Cc1cccc(C)c1NS(=O)(=O)c1ccc(NC(=O)CN(c2cccc(C(F)(F)F)c2)S(C)(=O)=O)cc1. The molecule has 0 saturated heterocycles. The number of nitrogens with zero attached hydrogens (tertiary/aromatic N) is 1. The summed E-state index contributed by atoms with van der Waals surface area (Å²) in [4.78, 5) is 12.5. The predicted octanol–water partition coefficient (Wildman–Crippen LogP) is 4.53. The summed E-state index contributed by atoms with van der Waals surface area (Å²) < 4.78 is 92.3. The second-order valence-corrected chi connectivity index (χ2v) is 11.9. The van der Waals surface area contributed by atoms with E-state index in [4.69, 9.17) is 0 Å². The Kier molecular flexibility index (Phi) is 7.89. The van der Waals surface area contributed by atoms with Crippen molar-refractivity contribution in [1.82, 2.24) is 0 Å². The Morgan fingerprint density at radius 3 is 2.00 bits per heavy atom. The molecule has 0 aromatic heterocycles. The van der Waals surface area contributed by atoms with Gasteiger partial charge in [-0.05, 0) is 67.4 Å². The van der Waals surface area contributed by atoms with Crippen LogP contribution >= 0.6 is 0 Å². The van der Waals surface area contributed by atoms with E-state index >= 15 is 0 Å². The van der Waals surface area contributed by atoms with Gasteiger partial charge in [-0.2, -0.15) is 13.2 Å². The molecule has 3 aromatic carbocycles. The molecule has 0 radical (unpaired) electrons. The largest absolute Gasteiger partial charge is 0.416 e. The summed E-state index contributed by atoms with van der Waals surface area (Å²) in [7, 11) is -8.05. The number of anilines is 3. The lowest BCUT2D eigenvalue weighted by Crippen LogP contribution is -2.37. The van der Waals surface area contributed by atoms with Crippen molar-refractivity contribution in [1.29, 1.82) is 0 Å². The van der Waals surface area contributed by atoms with Crippen molar-refractivity contribution < 1.29 is 34.8 Å². The first-order chi connectivity index (χ1) is 17.1. The summed E-state index contributed by atoms with van der Waals surface area (Å²) in [6.45, 7) is 2.74. The number of halogens is 3. The number of para-hydroxylation sites is 1. The second-order valence-electron chi connectivity index (χ2n) is 8.26. The molecular weight excluding hydrogens is 531 g/mol. The summed E-state index contributed by atoms with van der Waals surface area (Å²) >= 11 is 0. The molecule has 2 N–H and O–H groups in total. The van der Waals surface area contributed by atoms with Crippen LogP contribution in [0, 0.1) is 13.8 Å². The Balaban J connectivity index is 1.76. The predicted molar refractivity (Wildman–Crippen MR) is 135 cm³/mol. The topological polar surface area (TPSA) is 113 Å². The van der Waals surface area contributed by atoms with E-state index in [0.717, 1.165) is 35.6 Å². The van der Waals surface area contributed by atoms with Crippen LogP contribution in [0.1, 0.15) is 16.7 Å². The van der Waals surface area contributed by atoms with Crippen LogP contribution < -0.4 is 14.3 Å². The van der Waals surface area contributed by atoms with E-state index in [2.05, 4.69) is 10.0 Å². The number of rotatable bonds is 8. The minimum atomic E-state index is -4.70. The van der Waals surface area contributed by atoms with Crippen LogP contribution in [-0.2, 0) is 31.0 Å². The lowest BCUT2D eigenvalue weighted by Gasteiger charge is -2.23. The van der Waals surface area contributed by atoms with Crippen molar-refractivity contribution in [2.75, 3.05) is 27.1 Å². The summed E-state index contributed by atoms with van der Waals surface area (Å²) in [5.74, 6) is -0.841. The van der Waals surface area contributed by atoms with Gasteiger partial charge in [-0.15, -0.1) is 0 Å². The Morgan fingerprint density at radius 2 is 1.46 bits per heavy atom. The highest BCUT2D eigenvalue weighted by Gasteiger charge is 2.32. The lowest BCUT2D eigenvalue weighted by atomic mass is 10.1. The van der Waals surface area contributed by atoms with Gasteiger partial charge in [-0.3, -0.25) is 13.8 Å². The van der Waals surface area contributed by atoms with Crippen LogP contribution in [0.15, 0.2) is 71.6 Å². The number of carbonyl (C=O) groups is 1. The summed E-state index contributed by atoms with van der Waals surface area (Å²) in [6, 6.07) is 14.1. The Bertz CT molecular complexity index is 1500. The van der Waals surface area contributed by atoms with Crippen LogP contribution in [0.2, 0.25) is 0 Å². The maximum atomic E-state index is 13.1. The van der Waals surface area contributed by atoms with Crippen LogP contribution in [0.25, 0.3) is 0 Å². The van der Waals surface area contributed by atoms with E-state index < -0.39 is 44.2 Å². The zero-order valence-corrected chi connectivity index (χ0v) is 21.6. The van der Waals surface area contributed by atoms with E-state index in [1.165, 1.54) is 24.3 Å². The Morgan fingerprint density at radius 1 is 0.892 bits per heavy atom. The second kappa shape index (κ2) is 10.4. The maximum absolute atomic E-state index is 13.1. The minimum absolute atomic E-state index is 0.0742. The average Bonchev–Trinajstić information content (AvgIpc) is 2.79. The number of alkyl halides is 3. The highest BCUT2D eigenvalue weighted by atomic mass is 32.2. The zero-order valence-electron chi connectivity index (χ0n) is 20.0. The summed E-state index contributed by atoms with van der Waals surface area (Å²) in [5, 5.41) is 2.42. The molecule has 0 aliphatic heterocycles. The van der Waals surface area contributed by atoms with Crippen molar-refractivity contribution in [2.24, 2.45) is 0 Å². The van der Waals surface area contributed by atoms with Crippen LogP contribution in [0.5, 0.6) is 0 Å². The zero-order chi connectivity index (χ0) is 27.6. The first kappa shape index (κ1) is 28.0. The fraction of sp³-hybridized carbons (Fsp3) is 0.208. The fourth-order valence-electron chi connectivity index (χ4n) is 3.45. The van der Waals surface area contributed by atoms with Gasteiger partial charge in [-0.1, -0.05) is 24.3 Å². The smallest absolute Gasteiger partial charge is 0.325 e. The third-order valence-corrected chi connectivity index (χ3v) is 7.82. The molecule has 0 fully saturated rings. The van der Waals surface area contributed by atoms with Gasteiger partial charge in [0, 0.05) is 5.69 Å². The van der Waals surface area contributed by atoms with Gasteiger partial charge >= 0.3 is 6.18 Å². The highest BCUT2D eigenvalue weighted by Crippen LogP contribution is 2.32. The van der Waals surface area contributed by atoms with Crippen molar-refractivity contribution >= 4 is 43.0 Å². The Labute approximate surface area is 213 Å². The Hall–Kier alpha value is -3.58. The van der Waals surface area contributed by atoms with E-state index in [-0.39, 0.29) is 16.3 Å². The summed E-state index contributed by atoms with van der Waals surface area (Å²) in [6.07, 6.45) is -3.93. The number of carbonyl (C=O) groups excluding carboxylic acids is 1. The van der Waals surface area contributed by atoms with Crippen molar-refractivity contribution in [3.05, 3.63) is 83.4 Å². The van der Waals surface area contributed by atoms with Crippen molar-refractivity contribution in [3.8, 4) is 0 Å². The molecule has 0 aliphatic carbocycles. The molecule has 0 heterocycles. The molecule has 0 spiro atoms. The van der Waals surface area contributed by atoms with Gasteiger partial charge in [0.25, 0.3) is 10.0 Å². The van der Waals surface area contributed by atoms with E-state index in [1.807, 2.05) is 0 Å². The third kappa shape index (κ3) is 7.01. The normalized spacial score (nSPS) is 12.2. The number of nitrogens with one attached hydrogen (secondary N) is 2. The van der Waals surface area contributed by atoms with E-state index in [9.17, 15) is 34.8 Å². The average molecular weight is 556 g/mol. The molecule has 37 heavy (non-hydrogen) atoms. The van der Waals surface area contributed by atoms with E-state index in [1.54, 1.807) is 32.0 Å². The van der Waals surface area contributed by atoms with Crippen LogP contribution in [0.4, 0.5) is 30.2 Å². The molecule has 13 heteroatoms. The molecule has 0 saturated carbocycles. The van der Waals surface area contributed by atoms with Crippen LogP contribution in [-0.4, -0.2) is 35.5 Å². The molecule has 1 amide bonds. The molecule has 0 atom stereocenters. The number of hydrogen-bond acceptors (Lipinski definition) is 5. The standard InChI is InChI=1S/C24H24F3N3O5S2/c1-16-6-4-7-17(2)23(16)29-37(34,35)21-12-10-19(11-13-21)28-22(31)15-30(36(3,32)33)20-9-5-8-18(14-20)24(25,26)27/h4-14,29H,15H2,1-3H3,(H,28,31). The molecule has 3 rings (SSSR count). The fourth-order valence-corrected chi connectivity index (χ4v) is 5.51. The van der Waals surface area contributed by atoms with E-state index in [0.29, 0.717) is 16.1 Å². The minimum Gasteiger partial charge on any atom is -0.325 e. The van der Waals surface area contributed by atoms with Gasteiger partial charge < -0.3 is 5.32 Å². The number of amides is 1. The number of aryl methyl sites for hydroxylation is 2. The van der Waals surface area contributed by atoms with Crippen molar-refractivity contribution in [3.63, 3.8) is 0 Å². The monoisotopic (exact) mass is 555 g/mol. The molecule has 0 aliphatic rings.